The summed E-state index contributed by atoms with van der Waals surface area (Å²) in [6.07, 6.45) is 16.2. The number of aromatic hydroxyl groups is 1. The number of aryl methyl sites for hydroxylation is 1. The summed E-state index contributed by atoms with van der Waals surface area (Å²) in [5.74, 6) is 0.210. The number of Topliss-reactive ketones (excluding diaryl/α,β-unsaturated/α-hetero) is 1. The summed E-state index contributed by atoms with van der Waals surface area (Å²) in [5.41, 5.74) is 2.62. The third-order valence-corrected chi connectivity index (χ3v) is 5.32. The van der Waals surface area contributed by atoms with Gasteiger partial charge in [0.2, 0.25) is 0 Å². The molecule has 0 amide bonds. The number of aldehydes is 1. The van der Waals surface area contributed by atoms with Crippen LogP contribution < -0.4 is 0 Å². The van der Waals surface area contributed by atoms with Crippen LogP contribution in [0, 0.1) is 30.1 Å². The molecule has 0 aliphatic heterocycles. The van der Waals surface area contributed by atoms with Gasteiger partial charge in [0.25, 0.3) is 0 Å². The van der Waals surface area contributed by atoms with Crippen LogP contribution in [-0.4, -0.2) is 27.1 Å². The fraction of sp³-hybridized carbons (Fsp3) is 0.375. The quantitative estimate of drug-likeness (QED) is 0.398. The predicted molar refractivity (Wildman–Crippen MR) is 113 cm³/mol. The first-order valence-corrected chi connectivity index (χ1v) is 10.2. The molecule has 2 aliphatic rings. The van der Waals surface area contributed by atoms with Crippen LogP contribution in [0.1, 0.15) is 54.1 Å². The second-order valence-electron chi connectivity index (χ2n) is 7.60. The highest BCUT2D eigenvalue weighted by atomic mass is 16.3. The molecule has 30 heavy (non-hydrogen) atoms. The molecule has 2 unspecified atom stereocenters. The number of allylic oxidation sites excluding steroid dienone is 8. The Labute approximate surface area is 176 Å². The minimum Gasteiger partial charge on any atom is -0.504 e. The van der Waals surface area contributed by atoms with E-state index in [4.69, 9.17) is 5.26 Å². The minimum absolute atomic E-state index is 0.0294. The molecule has 1 aromatic heterocycles. The number of aromatic nitrogens is 2. The first kappa shape index (κ1) is 21.4. The number of hydrogen-bond donors (Lipinski definition) is 1. The normalized spacial score (nSPS) is 20.3. The lowest BCUT2D eigenvalue weighted by atomic mass is 9.84. The molecular formula is C24H25N3O3. The maximum Gasteiger partial charge on any atom is 0.185 e. The molecule has 2 atom stereocenters. The second kappa shape index (κ2) is 9.93. The fourth-order valence-corrected chi connectivity index (χ4v) is 3.63. The molecule has 1 heterocycles. The van der Waals surface area contributed by atoms with Crippen molar-refractivity contribution in [3.8, 4) is 11.8 Å². The van der Waals surface area contributed by atoms with Gasteiger partial charge in [0, 0.05) is 25.2 Å². The fourth-order valence-electron chi connectivity index (χ4n) is 3.63. The van der Waals surface area contributed by atoms with E-state index in [2.05, 4.69) is 40.3 Å². The van der Waals surface area contributed by atoms with Crippen molar-refractivity contribution in [1.29, 1.82) is 5.26 Å². The number of nitrogens with zero attached hydrogens (tertiary/aromatic N) is 3. The zero-order valence-corrected chi connectivity index (χ0v) is 17.0. The highest BCUT2D eigenvalue weighted by molar-refractivity contribution is 5.96. The maximum absolute atomic E-state index is 12.4. The Bertz CT molecular complexity index is 996. The Morgan fingerprint density at radius 2 is 2.17 bits per heavy atom. The largest absolute Gasteiger partial charge is 0.504 e. The van der Waals surface area contributed by atoms with Crippen LogP contribution in [0.4, 0.5) is 0 Å². The van der Waals surface area contributed by atoms with Gasteiger partial charge in [0.15, 0.2) is 17.2 Å². The van der Waals surface area contributed by atoms with E-state index in [1.807, 2.05) is 12.2 Å². The van der Waals surface area contributed by atoms with Crippen LogP contribution in [0.5, 0.6) is 5.75 Å². The lowest BCUT2D eigenvalue weighted by Crippen LogP contribution is -2.11. The van der Waals surface area contributed by atoms with Crippen molar-refractivity contribution in [3.63, 3.8) is 0 Å². The first-order valence-electron chi connectivity index (χ1n) is 10.2. The number of nitriles is 1. The number of rotatable bonds is 8. The van der Waals surface area contributed by atoms with Gasteiger partial charge in [-0.1, -0.05) is 36.5 Å². The Hall–Kier alpha value is -3.33. The van der Waals surface area contributed by atoms with Gasteiger partial charge in [-0.25, -0.2) is 9.97 Å². The van der Waals surface area contributed by atoms with Crippen molar-refractivity contribution in [3.05, 3.63) is 64.8 Å². The van der Waals surface area contributed by atoms with E-state index in [-0.39, 0.29) is 35.5 Å². The van der Waals surface area contributed by atoms with E-state index in [0.29, 0.717) is 30.8 Å². The molecule has 2 aliphatic carbocycles. The second-order valence-corrected chi connectivity index (χ2v) is 7.60. The summed E-state index contributed by atoms with van der Waals surface area (Å²) in [6, 6.07) is 2.31. The van der Waals surface area contributed by atoms with E-state index in [1.54, 1.807) is 6.92 Å². The highest BCUT2D eigenvalue weighted by Gasteiger charge is 2.20. The maximum atomic E-state index is 12.4. The van der Waals surface area contributed by atoms with Gasteiger partial charge < -0.3 is 9.90 Å². The van der Waals surface area contributed by atoms with Crippen LogP contribution in [0.15, 0.2) is 47.6 Å². The van der Waals surface area contributed by atoms with Crippen molar-refractivity contribution < 1.29 is 14.7 Å². The Balaban J connectivity index is 1.69. The third-order valence-electron chi connectivity index (χ3n) is 5.32. The molecule has 0 aromatic carbocycles. The van der Waals surface area contributed by atoms with E-state index < -0.39 is 0 Å². The van der Waals surface area contributed by atoms with E-state index in [1.165, 1.54) is 5.57 Å². The number of carbonyl (C=O) groups is 2. The molecular weight excluding hydrogens is 378 g/mol. The van der Waals surface area contributed by atoms with Crippen LogP contribution >= 0.6 is 0 Å². The number of hydrogen-bond acceptors (Lipinski definition) is 6. The zero-order valence-electron chi connectivity index (χ0n) is 17.0. The molecule has 154 valence electrons. The van der Waals surface area contributed by atoms with Gasteiger partial charge in [-0.15, -0.1) is 0 Å². The predicted octanol–water partition coefficient (Wildman–Crippen LogP) is 4.11. The SMILES string of the molecule is Cc1nc(CC2=CCC(C3=CC(C#N)CC=C3)C=C2)nc(C(=O)CCCC=O)c1O. The Kier molecular flexibility index (Phi) is 7.08. The average Bonchev–Trinajstić information content (AvgIpc) is 2.76. The molecule has 6 heteroatoms. The molecule has 6 nitrogen and oxygen atoms in total. The molecule has 3 rings (SSSR count). The van der Waals surface area contributed by atoms with E-state index in [0.717, 1.165) is 24.7 Å². The van der Waals surface area contributed by atoms with Gasteiger partial charge in [0.1, 0.15) is 12.1 Å². The molecule has 0 bridgehead atoms. The molecule has 0 saturated carbocycles. The van der Waals surface area contributed by atoms with Crippen LogP contribution in [0.2, 0.25) is 0 Å². The Morgan fingerprint density at radius 1 is 1.33 bits per heavy atom. The van der Waals surface area contributed by atoms with Crippen molar-refractivity contribution in [2.24, 2.45) is 11.8 Å². The van der Waals surface area contributed by atoms with Crippen molar-refractivity contribution in [2.75, 3.05) is 0 Å². The van der Waals surface area contributed by atoms with Crippen molar-refractivity contribution in [1.82, 2.24) is 9.97 Å². The lowest BCUT2D eigenvalue weighted by Gasteiger charge is -2.20. The van der Waals surface area contributed by atoms with Gasteiger partial charge in [-0.3, -0.25) is 4.79 Å². The molecule has 0 fully saturated rings. The first-order chi connectivity index (χ1) is 14.5. The van der Waals surface area contributed by atoms with Gasteiger partial charge in [-0.05, 0) is 37.3 Å². The molecule has 0 spiro atoms. The van der Waals surface area contributed by atoms with Gasteiger partial charge >= 0.3 is 0 Å². The summed E-state index contributed by atoms with van der Waals surface area (Å²) in [5, 5.41) is 19.3. The molecule has 0 saturated heterocycles. The van der Waals surface area contributed by atoms with Crippen LogP contribution in [0.3, 0.4) is 0 Å². The van der Waals surface area contributed by atoms with E-state index in [9.17, 15) is 14.7 Å². The summed E-state index contributed by atoms with van der Waals surface area (Å²) >= 11 is 0. The minimum atomic E-state index is -0.280. The lowest BCUT2D eigenvalue weighted by molar-refractivity contribution is -0.107. The summed E-state index contributed by atoms with van der Waals surface area (Å²) in [4.78, 5) is 31.5. The summed E-state index contributed by atoms with van der Waals surface area (Å²) < 4.78 is 0. The van der Waals surface area contributed by atoms with Crippen molar-refractivity contribution >= 4 is 12.1 Å². The number of carbonyl (C=O) groups excluding carboxylic acids is 2. The van der Waals surface area contributed by atoms with Gasteiger partial charge in [0.05, 0.1) is 17.7 Å². The van der Waals surface area contributed by atoms with Crippen LogP contribution in [-0.2, 0) is 11.2 Å². The summed E-state index contributed by atoms with van der Waals surface area (Å²) in [6.45, 7) is 1.65. The van der Waals surface area contributed by atoms with Crippen LogP contribution in [0.25, 0.3) is 0 Å². The van der Waals surface area contributed by atoms with Crippen molar-refractivity contribution in [2.45, 2.75) is 45.4 Å². The molecule has 1 N–H and O–H groups in total. The number of unbranched alkanes of at least 4 members (excludes halogenated alkanes) is 1. The topological polar surface area (TPSA) is 104 Å². The smallest absolute Gasteiger partial charge is 0.185 e. The average molecular weight is 403 g/mol. The standard InChI is InChI=1S/C24H25N3O3/c1-16-24(30)23(21(29)7-2-3-12-28)27-22(26-16)14-17-8-10-19(11-9-17)20-6-4-5-18(13-20)15-25/h4,6,8-10,12-13,18-19,30H,2-3,5,7,11,14H2,1H3. The third kappa shape index (κ3) is 5.18. The zero-order chi connectivity index (χ0) is 21.5. The van der Waals surface area contributed by atoms with E-state index >= 15 is 0 Å². The molecule has 0 radical (unpaired) electrons. The summed E-state index contributed by atoms with van der Waals surface area (Å²) in [7, 11) is 0. The molecule has 1 aromatic rings. The van der Waals surface area contributed by atoms with Gasteiger partial charge in [-0.2, -0.15) is 5.26 Å². The Morgan fingerprint density at radius 3 is 2.87 bits per heavy atom. The highest BCUT2D eigenvalue weighted by Crippen LogP contribution is 2.30. The monoisotopic (exact) mass is 403 g/mol. The number of ketones is 1.